The molecule has 0 aliphatic carbocycles. The summed E-state index contributed by atoms with van der Waals surface area (Å²) in [4.78, 5) is 0. The Morgan fingerprint density at radius 2 is 2.38 bits per heavy atom. The van der Waals surface area contributed by atoms with Crippen LogP contribution in [-0.4, -0.2) is 15.0 Å². The van der Waals surface area contributed by atoms with Crippen LogP contribution < -0.4 is 5.73 Å². The highest BCUT2D eigenvalue weighted by Gasteiger charge is 2.06. The van der Waals surface area contributed by atoms with E-state index in [2.05, 4.69) is 26.2 Å². The van der Waals surface area contributed by atoms with Gasteiger partial charge in [0.15, 0.2) is 0 Å². The molecule has 0 aromatic carbocycles. The van der Waals surface area contributed by atoms with Gasteiger partial charge in [-0.3, -0.25) is 0 Å². The van der Waals surface area contributed by atoms with Crippen LogP contribution in [0, 0.1) is 0 Å². The van der Waals surface area contributed by atoms with Crippen molar-refractivity contribution in [2.45, 2.75) is 6.54 Å². The number of rotatable bonds is 2. The third kappa shape index (κ3) is 1.65. The van der Waals surface area contributed by atoms with E-state index in [0.29, 0.717) is 6.54 Å². The molecule has 0 radical (unpaired) electrons. The Hall–Kier alpha value is -0.720. The summed E-state index contributed by atoms with van der Waals surface area (Å²) in [7, 11) is 0. The summed E-state index contributed by atoms with van der Waals surface area (Å²) >= 11 is 4.99. The number of nitrogens with zero attached hydrogens (tertiary/aromatic N) is 3. The van der Waals surface area contributed by atoms with Crippen LogP contribution in [0.5, 0.6) is 0 Å². The zero-order valence-electron chi connectivity index (χ0n) is 6.64. The number of hydrogen-bond acceptors (Lipinski definition) is 4. The second kappa shape index (κ2) is 3.57. The molecule has 2 aromatic rings. The van der Waals surface area contributed by atoms with Gasteiger partial charge in [-0.1, -0.05) is 5.21 Å². The molecule has 2 aromatic heterocycles. The van der Waals surface area contributed by atoms with Crippen LogP contribution in [0.2, 0.25) is 0 Å². The summed E-state index contributed by atoms with van der Waals surface area (Å²) in [6.07, 6.45) is 1.67. The first-order valence-corrected chi connectivity index (χ1v) is 5.27. The van der Waals surface area contributed by atoms with Gasteiger partial charge in [-0.15, -0.1) is 16.4 Å². The quantitative estimate of drug-likeness (QED) is 0.890. The summed E-state index contributed by atoms with van der Waals surface area (Å²) < 4.78 is 2.82. The maximum atomic E-state index is 5.53. The van der Waals surface area contributed by atoms with Crippen LogP contribution in [-0.2, 0) is 6.54 Å². The number of thiophene rings is 1. The molecule has 2 rings (SSSR count). The zero-order chi connectivity index (χ0) is 9.26. The number of nitrogens with two attached hydrogens (primary N) is 1. The number of aromatic nitrogens is 3. The van der Waals surface area contributed by atoms with E-state index >= 15 is 0 Å². The summed E-state index contributed by atoms with van der Waals surface area (Å²) in [5.74, 6) is 0. The van der Waals surface area contributed by atoms with Crippen LogP contribution in [0.25, 0.3) is 5.00 Å². The summed E-state index contributed by atoms with van der Waals surface area (Å²) in [6, 6.07) is 3.95. The predicted molar refractivity (Wildman–Crippen MR) is 54.8 cm³/mol. The second-order valence-electron chi connectivity index (χ2n) is 2.42. The van der Waals surface area contributed by atoms with Gasteiger partial charge in [-0.05, 0) is 28.1 Å². The van der Waals surface area contributed by atoms with Gasteiger partial charge in [0.1, 0.15) is 5.00 Å². The fourth-order valence-electron chi connectivity index (χ4n) is 1.000. The molecule has 0 unspecified atom stereocenters. The first-order valence-electron chi connectivity index (χ1n) is 3.66. The van der Waals surface area contributed by atoms with Gasteiger partial charge < -0.3 is 5.73 Å². The predicted octanol–water partition coefficient (Wildman–Crippen LogP) is 1.55. The lowest BCUT2D eigenvalue weighted by Gasteiger charge is -1.98. The van der Waals surface area contributed by atoms with E-state index in [0.717, 1.165) is 14.5 Å². The summed E-state index contributed by atoms with van der Waals surface area (Å²) in [5.41, 5.74) is 6.44. The van der Waals surface area contributed by atoms with Gasteiger partial charge in [-0.2, -0.15) is 0 Å². The van der Waals surface area contributed by atoms with Crippen LogP contribution in [0.4, 0.5) is 0 Å². The number of hydrogen-bond donors (Lipinski definition) is 1. The molecule has 0 fully saturated rings. The second-order valence-corrected chi connectivity index (χ2v) is 4.86. The molecule has 13 heavy (non-hydrogen) atoms. The van der Waals surface area contributed by atoms with E-state index in [1.807, 2.05) is 12.1 Å². The van der Waals surface area contributed by atoms with Crippen molar-refractivity contribution < 1.29 is 0 Å². The molecule has 0 saturated heterocycles. The Kier molecular flexibility index (Phi) is 2.43. The van der Waals surface area contributed by atoms with E-state index in [9.17, 15) is 0 Å². The number of halogens is 1. The lowest BCUT2D eigenvalue weighted by atomic mass is 10.5. The topological polar surface area (TPSA) is 56.7 Å². The fraction of sp³-hybridized carbons (Fsp3) is 0.143. The van der Waals surface area contributed by atoms with E-state index < -0.39 is 0 Å². The molecule has 2 N–H and O–H groups in total. The molecular weight excluding hydrogens is 252 g/mol. The van der Waals surface area contributed by atoms with Crippen molar-refractivity contribution in [2.75, 3.05) is 0 Å². The van der Waals surface area contributed by atoms with Crippen molar-refractivity contribution >= 4 is 27.3 Å². The highest BCUT2D eigenvalue weighted by molar-refractivity contribution is 9.11. The van der Waals surface area contributed by atoms with E-state index in [-0.39, 0.29) is 0 Å². The summed E-state index contributed by atoms with van der Waals surface area (Å²) in [5, 5.41) is 8.77. The van der Waals surface area contributed by atoms with Crippen molar-refractivity contribution in [3.05, 3.63) is 27.8 Å². The lowest BCUT2D eigenvalue weighted by Crippen LogP contribution is -2.05. The highest BCUT2D eigenvalue weighted by atomic mass is 79.9. The Balaban J connectivity index is 2.45. The lowest BCUT2D eigenvalue weighted by molar-refractivity contribution is 0.772. The van der Waals surface area contributed by atoms with E-state index in [1.54, 1.807) is 22.2 Å². The SMILES string of the molecule is NCc1cnnn1-c1ccc(Br)s1. The molecule has 68 valence electrons. The average Bonchev–Trinajstić information content (AvgIpc) is 2.71. The van der Waals surface area contributed by atoms with Crippen molar-refractivity contribution in [2.24, 2.45) is 5.73 Å². The van der Waals surface area contributed by atoms with Gasteiger partial charge in [0.25, 0.3) is 0 Å². The van der Waals surface area contributed by atoms with Crippen LogP contribution >= 0.6 is 27.3 Å². The Morgan fingerprint density at radius 1 is 1.54 bits per heavy atom. The fourth-order valence-corrected chi connectivity index (χ4v) is 2.34. The Bertz CT molecular complexity index is 408. The van der Waals surface area contributed by atoms with Gasteiger partial charge in [-0.25, -0.2) is 4.68 Å². The summed E-state index contributed by atoms with van der Waals surface area (Å²) in [6.45, 7) is 0.447. The maximum absolute atomic E-state index is 5.53. The zero-order valence-corrected chi connectivity index (χ0v) is 9.05. The molecular formula is C7H7BrN4S. The maximum Gasteiger partial charge on any atom is 0.120 e. The Labute approximate surface area is 87.5 Å². The molecule has 0 saturated carbocycles. The normalized spacial score (nSPS) is 10.6. The van der Waals surface area contributed by atoms with Crippen molar-refractivity contribution in [1.29, 1.82) is 0 Å². The highest BCUT2D eigenvalue weighted by Crippen LogP contribution is 2.25. The first-order chi connectivity index (χ1) is 6.31. The molecule has 6 heteroatoms. The smallest absolute Gasteiger partial charge is 0.120 e. The van der Waals surface area contributed by atoms with Gasteiger partial charge in [0.05, 0.1) is 15.7 Å². The third-order valence-electron chi connectivity index (χ3n) is 1.60. The standard InChI is InChI=1S/C7H7BrN4S/c8-6-1-2-7(13-6)12-5(3-9)4-10-11-12/h1-2,4H,3,9H2. The molecule has 0 aliphatic rings. The van der Waals surface area contributed by atoms with Crippen molar-refractivity contribution in [1.82, 2.24) is 15.0 Å². The van der Waals surface area contributed by atoms with Gasteiger partial charge in [0, 0.05) is 6.54 Å². The molecule has 0 atom stereocenters. The van der Waals surface area contributed by atoms with Crippen molar-refractivity contribution in [3.63, 3.8) is 0 Å². The third-order valence-corrected chi connectivity index (χ3v) is 3.20. The Morgan fingerprint density at radius 3 is 3.00 bits per heavy atom. The monoisotopic (exact) mass is 258 g/mol. The van der Waals surface area contributed by atoms with Crippen LogP contribution in [0.3, 0.4) is 0 Å². The first kappa shape index (κ1) is 8.86. The molecule has 2 heterocycles. The largest absolute Gasteiger partial charge is 0.325 e. The van der Waals surface area contributed by atoms with Gasteiger partial charge >= 0.3 is 0 Å². The molecule has 0 amide bonds. The average molecular weight is 259 g/mol. The van der Waals surface area contributed by atoms with E-state index in [1.165, 1.54) is 0 Å². The minimum absolute atomic E-state index is 0.447. The molecule has 0 aliphatic heterocycles. The van der Waals surface area contributed by atoms with Crippen molar-refractivity contribution in [3.8, 4) is 5.00 Å². The minimum Gasteiger partial charge on any atom is -0.325 e. The molecule has 0 bridgehead atoms. The van der Waals surface area contributed by atoms with Crippen LogP contribution in [0.15, 0.2) is 22.1 Å². The van der Waals surface area contributed by atoms with Crippen LogP contribution in [0.1, 0.15) is 5.69 Å². The van der Waals surface area contributed by atoms with Gasteiger partial charge in [0.2, 0.25) is 0 Å². The molecule has 0 spiro atoms. The molecule has 4 nitrogen and oxygen atoms in total. The minimum atomic E-state index is 0.447. The van der Waals surface area contributed by atoms with E-state index in [4.69, 9.17) is 5.73 Å².